The van der Waals surface area contributed by atoms with Crippen molar-refractivity contribution < 1.29 is 27.4 Å². The molecule has 0 unspecified atom stereocenters. The summed E-state index contributed by atoms with van der Waals surface area (Å²) >= 11 is 0. The molecule has 1 rings (SSSR count). The maximum Gasteiger partial charge on any atom is 0.342 e. The molecule has 118 valence electrons. The lowest BCUT2D eigenvalue weighted by Gasteiger charge is -2.10. The Kier molecular flexibility index (Phi) is 6.94. The number of carbonyl (C=O) groups excluding carboxylic acids is 1. The monoisotopic (exact) mass is 336 g/mol. The lowest BCUT2D eigenvalue weighted by molar-refractivity contribution is 0.0315. The predicted molar refractivity (Wildman–Crippen MR) is 77.4 cm³/mol. The van der Waals surface area contributed by atoms with Crippen LogP contribution < -0.4 is 4.74 Å². The van der Waals surface area contributed by atoms with Gasteiger partial charge in [0, 0.05) is 17.3 Å². The van der Waals surface area contributed by atoms with Gasteiger partial charge in [0.2, 0.25) is 0 Å². The Morgan fingerprint density at radius 1 is 1.24 bits per heavy atom. The highest BCUT2D eigenvalue weighted by Crippen LogP contribution is 2.25. The number of ether oxygens (including phenoxy) is 3. The molecule has 8 heteroatoms. The Balaban J connectivity index is 2.82. The molecule has 0 aromatic heterocycles. The van der Waals surface area contributed by atoms with Crippen LogP contribution in [0.4, 0.5) is 0 Å². The molecule has 0 bridgehead atoms. The number of hydrogen-bond donors (Lipinski definition) is 0. The second-order valence-electron chi connectivity index (χ2n) is 4.05. The minimum absolute atomic E-state index is 0.00489. The first-order chi connectivity index (χ1) is 9.90. The molecule has 0 fully saturated rings. The van der Waals surface area contributed by atoms with E-state index in [1.54, 1.807) is 0 Å². The number of halogens is 1. The fraction of sp³-hybridized carbons (Fsp3) is 0.462. The Bertz CT molecular complexity index is 584. The van der Waals surface area contributed by atoms with Gasteiger partial charge in [-0.15, -0.1) is 0 Å². The minimum atomic E-state index is -3.93. The van der Waals surface area contributed by atoms with Gasteiger partial charge in [0.15, 0.2) is 0 Å². The number of rotatable bonds is 8. The van der Waals surface area contributed by atoms with Gasteiger partial charge in [-0.2, -0.15) is 0 Å². The number of hydrogen-bond acceptors (Lipinski definition) is 6. The molecule has 0 spiro atoms. The van der Waals surface area contributed by atoms with E-state index in [9.17, 15) is 13.2 Å². The average molecular weight is 337 g/mol. The zero-order valence-electron chi connectivity index (χ0n) is 11.8. The molecule has 0 heterocycles. The zero-order chi connectivity index (χ0) is 15.9. The van der Waals surface area contributed by atoms with Crippen molar-refractivity contribution in [3.63, 3.8) is 0 Å². The molecular weight excluding hydrogens is 320 g/mol. The first-order valence-electron chi connectivity index (χ1n) is 6.27. The first kappa shape index (κ1) is 17.7. The summed E-state index contributed by atoms with van der Waals surface area (Å²) in [5.41, 5.74) is -0.00489. The Morgan fingerprint density at radius 3 is 2.52 bits per heavy atom. The van der Waals surface area contributed by atoms with Gasteiger partial charge < -0.3 is 14.2 Å². The van der Waals surface area contributed by atoms with Crippen LogP contribution in [-0.2, 0) is 18.5 Å². The average Bonchev–Trinajstić information content (AvgIpc) is 2.45. The SMILES string of the molecule is CCCOCCOC(=O)c1cc(S(=O)(=O)Cl)ccc1OC. The van der Waals surface area contributed by atoms with E-state index in [0.29, 0.717) is 6.61 Å². The first-order valence-corrected chi connectivity index (χ1v) is 8.58. The molecule has 0 amide bonds. The van der Waals surface area contributed by atoms with Crippen molar-refractivity contribution in [2.24, 2.45) is 0 Å². The van der Waals surface area contributed by atoms with Crippen LogP contribution in [0.3, 0.4) is 0 Å². The van der Waals surface area contributed by atoms with Crippen LogP contribution in [0.2, 0.25) is 0 Å². The summed E-state index contributed by atoms with van der Waals surface area (Å²) in [7, 11) is 2.69. The van der Waals surface area contributed by atoms with Crippen molar-refractivity contribution in [3.05, 3.63) is 23.8 Å². The minimum Gasteiger partial charge on any atom is -0.496 e. The summed E-state index contributed by atoms with van der Waals surface area (Å²) in [6, 6.07) is 3.72. The molecule has 21 heavy (non-hydrogen) atoms. The van der Waals surface area contributed by atoms with Crippen molar-refractivity contribution in [1.29, 1.82) is 0 Å². The van der Waals surface area contributed by atoms with E-state index in [2.05, 4.69) is 0 Å². The summed E-state index contributed by atoms with van der Waals surface area (Å²) in [5.74, 6) is -0.493. The highest BCUT2D eigenvalue weighted by molar-refractivity contribution is 8.13. The molecule has 0 aliphatic carbocycles. The Morgan fingerprint density at radius 2 is 1.95 bits per heavy atom. The Hall–Kier alpha value is -1.31. The van der Waals surface area contributed by atoms with Gasteiger partial charge in [-0.1, -0.05) is 6.92 Å². The van der Waals surface area contributed by atoms with Crippen molar-refractivity contribution >= 4 is 25.7 Å². The maximum atomic E-state index is 11.9. The molecule has 0 radical (unpaired) electrons. The smallest absolute Gasteiger partial charge is 0.342 e. The molecule has 0 saturated carbocycles. The lowest BCUT2D eigenvalue weighted by atomic mass is 10.2. The van der Waals surface area contributed by atoms with Gasteiger partial charge in [0.05, 0.1) is 18.6 Å². The number of carbonyl (C=O) groups is 1. The predicted octanol–water partition coefficient (Wildman–Crippen LogP) is 2.21. The molecule has 0 N–H and O–H groups in total. The summed E-state index contributed by atoms with van der Waals surface area (Å²) in [6.45, 7) is 2.89. The van der Waals surface area contributed by atoms with Gasteiger partial charge in [0.25, 0.3) is 9.05 Å². The largest absolute Gasteiger partial charge is 0.496 e. The molecule has 0 aliphatic heterocycles. The number of benzene rings is 1. The van der Waals surface area contributed by atoms with Gasteiger partial charge in [-0.25, -0.2) is 13.2 Å². The molecule has 0 atom stereocenters. The highest BCUT2D eigenvalue weighted by Gasteiger charge is 2.19. The topological polar surface area (TPSA) is 78.9 Å². The van der Waals surface area contributed by atoms with Crippen LogP contribution in [0.25, 0.3) is 0 Å². The summed E-state index contributed by atoms with van der Waals surface area (Å²) in [4.78, 5) is 11.7. The van der Waals surface area contributed by atoms with E-state index >= 15 is 0 Å². The van der Waals surface area contributed by atoms with Gasteiger partial charge >= 0.3 is 5.97 Å². The third-order valence-corrected chi connectivity index (χ3v) is 3.83. The van der Waals surface area contributed by atoms with Crippen LogP contribution in [0.15, 0.2) is 23.1 Å². The van der Waals surface area contributed by atoms with Gasteiger partial charge in [0.1, 0.15) is 17.9 Å². The van der Waals surface area contributed by atoms with E-state index in [1.807, 2.05) is 6.92 Å². The van der Waals surface area contributed by atoms with E-state index in [-0.39, 0.29) is 29.4 Å². The third kappa shape index (κ3) is 5.53. The van der Waals surface area contributed by atoms with Crippen LogP contribution in [0.5, 0.6) is 5.75 Å². The van der Waals surface area contributed by atoms with Crippen molar-refractivity contribution in [1.82, 2.24) is 0 Å². The standard InChI is InChI=1S/C13H17ClO6S/c1-3-6-19-7-8-20-13(15)11-9-10(21(14,16)17)4-5-12(11)18-2/h4-5,9H,3,6-8H2,1-2H3. The number of methoxy groups -OCH3 is 1. The molecule has 0 aliphatic rings. The lowest BCUT2D eigenvalue weighted by Crippen LogP contribution is -2.12. The highest BCUT2D eigenvalue weighted by atomic mass is 35.7. The van der Waals surface area contributed by atoms with Crippen LogP contribution in [0.1, 0.15) is 23.7 Å². The fourth-order valence-corrected chi connectivity index (χ4v) is 2.29. The quantitative estimate of drug-likeness (QED) is 0.411. The van der Waals surface area contributed by atoms with Crippen LogP contribution in [-0.4, -0.2) is 41.3 Å². The van der Waals surface area contributed by atoms with E-state index in [4.69, 9.17) is 24.9 Å². The van der Waals surface area contributed by atoms with Crippen molar-refractivity contribution in [3.8, 4) is 5.75 Å². The normalized spacial score (nSPS) is 11.2. The molecule has 0 saturated heterocycles. The van der Waals surface area contributed by atoms with Crippen LogP contribution >= 0.6 is 10.7 Å². The second kappa shape index (κ2) is 8.21. The third-order valence-electron chi connectivity index (χ3n) is 2.48. The van der Waals surface area contributed by atoms with E-state index < -0.39 is 15.0 Å². The zero-order valence-corrected chi connectivity index (χ0v) is 13.4. The molecule has 6 nitrogen and oxygen atoms in total. The van der Waals surface area contributed by atoms with Crippen LogP contribution in [0, 0.1) is 0 Å². The Labute approximate surface area is 128 Å². The maximum absolute atomic E-state index is 11.9. The summed E-state index contributed by atoms with van der Waals surface area (Å²) in [5, 5.41) is 0. The van der Waals surface area contributed by atoms with Crippen molar-refractivity contribution in [2.45, 2.75) is 18.2 Å². The second-order valence-corrected chi connectivity index (χ2v) is 6.61. The molecule has 1 aromatic rings. The van der Waals surface area contributed by atoms with E-state index in [1.165, 1.54) is 19.2 Å². The number of esters is 1. The van der Waals surface area contributed by atoms with E-state index in [0.717, 1.165) is 12.5 Å². The van der Waals surface area contributed by atoms with Gasteiger partial charge in [-0.3, -0.25) is 0 Å². The summed E-state index contributed by atoms with van der Waals surface area (Å²) < 4.78 is 37.8. The van der Waals surface area contributed by atoms with Crippen molar-refractivity contribution in [2.75, 3.05) is 26.9 Å². The summed E-state index contributed by atoms with van der Waals surface area (Å²) in [6.07, 6.45) is 0.872. The molecular formula is C13H17ClO6S. The fourth-order valence-electron chi connectivity index (χ4n) is 1.52. The van der Waals surface area contributed by atoms with Gasteiger partial charge in [-0.05, 0) is 24.6 Å². The molecule has 1 aromatic carbocycles.